The quantitative estimate of drug-likeness (QED) is 0.461. The van der Waals surface area contributed by atoms with Crippen molar-refractivity contribution in [1.29, 1.82) is 0 Å². The monoisotopic (exact) mass is 477 g/mol. The van der Waals surface area contributed by atoms with Gasteiger partial charge in [-0.25, -0.2) is 9.78 Å². The van der Waals surface area contributed by atoms with Crippen molar-refractivity contribution in [2.45, 2.75) is 32.2 Å². The Morgan fingerprint density at radius 1 is 1.12 bits per heavy atom. The summed E-state index contributed by atoms with van der Waals surface area (Å²) in [4.78, 5) is 27.5. The van der Waals surface area contributed by atoms with Crippen LogP contribution in [-0.2, 0) is 28.9 Å². The van der Waals surface area contributed by atoms with Gasteiger partial charge in [-0.3, -0.25) is 4.84 Å². The normalized spacial score (nSPS) is 13.8. The van der Waals surface area contributed by atoms with E-state index in [1.807, 2.05) is 12.1 Å². The Morgan fingerprint density at radius 2 is 1.82 bits per heavy atom. The number of amides is 1. The van der Waals surface area contributed by atoms with Gasteiger partial charge in [0.05, 0.1) is 13.7 Å². The van der Waals surface area contributed by atoms with Gasteiger partial charge in [0.1, 0.15) is 12.4 Å². The predicted molar refractivity (Wildman–Crippen MR) is 113 cm³/mol. The number of hydrogen-bond acceptors (Lipinski definition) is 8. The Kier molecular flexibility index (Phi) is 6.96. The van der Waals surface area contributed by atoms with Crippen LogP contribution in [0.25, 0.3) is 11.4 Å². The van der Waals surface area contributed by atoms with Gasteiger partial charge < -0.3 is 14.2 Å². The van der Waals surface area contributed by atoms with Crippen LogP contribution in [0.1, 0.15) is 29.9 Å². The lowest BCUT2D eigenvalue weighted by molar-refractivity contribution is -0.159. The van der Waals surface area contributed by atoms with Gasteiger partial charge in [-0.1, -0.05) is 35.5 Å². The number of hydrogen-bond donors (Lipinski definition) is 0. The predicted octanol–water partition coefficient (Wildman–Crippen LogP) is 4.45. The third-order valence-electron chi connectivity index (χ3n) is 5.23. The average Bonchev–Trinajstić information content (AvgIpc) is 3.54. The molecule has 0 saturated carbocycles. The summed E-state index contributed by atoms with van der Waals surface area (Å²) in [7, 11) is 1.33. The highest BCUT2D eigenvalue weighted by Gasteiger charge is 2.38. The van der Waals surface area contributed by atoms with Crippen molar-refractivity contribution < 1.29 is 32.1 Å². The zero-order valence-electron chi connectivity index (χ0n) is 18.3. The topological polar surface area (TPSA) is 93.8 Å². The maximum Gasteiger partial charge on any atom is 0.471 e. The Balaban J connectivity index is 1.31. The Labute approximate surface area is 193 Å². The van der Waals surface area contributed by atoms with E-state index in [2.05, 4.69) is 24.5 Å². The second-order valence-electron chi connectivity index (χ2n) is 7.61. The zero-order valence-corrected chi connectivity index (χ0v) is 18.3. The third-order valence-corrected chi connectivity index (χ3v) is 5.23. The first kappa shape index (κ1) is 23.5. The summed E-state index contributed by atoms with van der Waals surface area (Å²) in [6, 6.07) is 10.0. The highest BCUT2D eigenvalue weighted by Crippen LogP contribution is 2.29. The number of anilines is 1. The first-order valence-corrected chi connectivity index (χ1v) is 10.5. The molecule has 1 amide bonds. The number of benzene rings is 1. The van der Waals surface area contributed by atoms with Crippen LogP contribution in [0.2, 0.25) is 0 Å². The number of halogens is 3. The minimum atomic E-state index is -4.71. The highest BCUT2D eigenvalue weighted by molar-refractivity contribution is 5.66. The van der Waals surface area contributed by atoms with Gasteiger partial charge in [0, 0.05) is 30.4 Å². The summed E-state index contributed by atoms with van der Waals surface area (Å²) >= 11 is 0. The van der Waals surface area contributed by atoms with Gasteiger partial charge >= 0.3 is 18.2 Å². The molecule has 0 unspecified atom stereocenters. The number of carbonyl (C=O) groups is 1. The maximum absolute atomic E-state index is 12.6. The number of ether oxygens (including phenoxy) is 1. The molecule has 3 heterocycles. The molecular weight excluding hydrogens is 455 g/mol. The number of carbonyl (C=O) groups excluding carboxylic acids is 1. The van der Waals surface area contributed by atoms with E-state index in [-0.39, 0.29) is 19.0 Å². The fourth-order valence-corrected chi connectivity index (χ4v) is 3.44. The SMILES string of the molecule is CON(Cc1ccc(-c2noc(C(F)(F)F)n2)cc1)C(=O)OCc1ccc(N2CCCC2)nc1. The molecule has 1 aliphatic heterocycles. The van der Waals surface area contributed by atoms with E-state index in [1.54, 1.807) is 18.3 Å². The molecule has 0 bridgehead atoms. The minimum absolute atomic E-state index is 0.0320. The standard InChI is InChI=1S/C22H22F3N5O4/c1-32-30(21(31)33-14-16-6-9-18(26-12-16)29-10-2-3-11-29)13-15-4-7-17(8-5-15)19-27-20(34-28-19)22(23,24)25/h4-9,12H,2-3,10-11,13-14H2,1H3. The summed E-state index contributed by atoms with van der Waals surface area (Å²) in [5, 5.41) is 4.37. The van der Waals surface area contributed by atoms with Crippen LogP contribution in [-0.4, -0.2) is 46.5 Å². The summed E-state index contributed by atoms with van der Waals surface area (Å²) in [6.45, 7) is 2.08. The molecule has 1 fully saturated rings. The molecule has 1 aromatic carbocycles. The van der Waals surface area contributed by atoms with Crippen LogP contribution in [0.4, 0.5) is 23.8 Å². The fourth-order valence-electron chi connectivity index (χ4n) is 3.44. The molecule has 1 aliphatic rings. The van der Waals surface area contributed by atoms with Gasteiger partial charge in [0.2, 0.25) is 5.82 Å². The summed E-state index contributed by atoms with van der Waals surface area (Å²) < 4.78 is 47.4. The molecule has 4 rings (SSSR count). The van der Waals surface area contributed by atoms with Crippen LogP contribution in [0, 0.1) is 0 Å². The van der Waals surface area contributed by atoms with Gasteiger partial charge in [-0.2, -0.15) is 23.2 Å². The molecule has 0 aliphatic carbocycles. The largest absolute Gasteiger partial charge is 0.471 e. The molecule has 0 N–H and O–H groups in total. The van der Waals surface area contributed by atoms with Crippen molar-refractivity contribution in [3.63, 3.8) is 0 Å². The van der Waals surface area contributed by atoms with E-state index < -0.39 is 18.2 Å². The first-order chi connectivity index (χ1) is 16.3. The van der Waals surface area contributed by atoms with Gasteiger partial charge in [0.25, 0.3) is 0 Å². The van der Waals surface area contributed by atoms with Crippen LogP contribution in [0.3, 0.4) is 0 Å². The van der Waals surface area contributed by atoms with Gasteiger partial charge in [-0.05, 0) is 24.5 Å². The molecule has 180 valence electrons. The summed E-state index contributed by atoms with van der Waals surface area (Å²) in [5.74, 6) is -0.697. The summed E-state index contributed by atoms with van der Waals surface area (Å²) in [6.07, 6.45) is -1.40. The van der Waals surface area contributed by atoms with Crippen molar-refractivity contribution in [2.75, 3.05) is 25.1 Å². The molecule has 1 saturated heterocycles. The van der Waals surface area contributed by atoms with E-state index in [0.717, 1.165) is 42.4 Å². The van der Waals surface area contributed by atoms with Crippen molar-refractivity contribution in [2.24, 2.45) is 0 Å². The third kappa shape index (κ3) is 5.63. The lowest BCUT2D eigenvalue weighted by atomic mass is 10.1. The zero-order chi connectivity index (χ0) is 24.1. The molecular formula is C22H22F3N5O4. The lowest BCUT2D eigenvalue weighted by Gasteiger charge is -2.19. The molecule has 2 aromatic heterocycles. The van der Waals surface area contributed by atoms with Crippen molar-refractivity contribution in [3.8, 4) is 11.4 Å². The van der Waals surface area contributed by atoms with Crippen molar-refractivity contribution >= 4 is 11.9 Å². The van der Waals surface area contributed by atoms with Crippen LogP contribution in [0.5, 0.6) is 0 Å². The van der Waals surface area contributed by atoms with Gasteiger partial charge in [-0.15, -0.1) is 0 Å². The second-order valence-corrected chi connectivity index (χ2v) is 7.61. The smallest absolute Gasteiger partial charge is 0.443 e. The number of aromatic nitrogens is 3. The number of pyridine rings is 1. The van der Waals surface area contributed by atoms with Crippen LogP contribution in [0.15, 0.2) is 47.1 Å². The second kappa shape index (κ2) is 10.1. The molecule has 0 spiro atoms. The first-order valence-electron chi connectivity index (χ1n) is 10.5. The Hall–Kier alpha value is -3.67. The highest BCUT2D eigenvalue weighted by atomic mass is 19.4. The van der Waals surface area contributed by atoms with E-state index in [0.29, 0.717) is 11.1 Å². The summed E-state index contributed by atoms with van der Waals surface area (Å²) in [5.41, 5.74) is 1.73. The van der Waals surface area contributed by atoms with Crippen LogP contribution >= 0.6 is 0 Å². The minimum Gasteiger partial charge on any atom is -0.443 e. The molecule has 34 heavy (non-hydrogen) atoms. The molecule has 0 radical (unpaired) electrons. The molecule has 12 heteroatoms. The number of nitrogens with zero attached hydrogens (tertiary/aromatic N) is 5. The average molecular weight is 477 g/mol. The van der Waals surface area contributed by atoms with Crippen molar-refractivity contribution in [1.82, 2.24) is 20.2 Å². The van der Waals surface area contributed by atoms with Gasteiger partial charge in [0.15, 0.2) is 0 Å². The van der Waals surface area contributed by atoms with Crippen molar-refractivity contribution in [3.05, 3.63) is 59.6 Å². The number of hydroxylamine groups is 2. The Morgan fingerprint density at radius 3 is 2.41 bits per heavy atom. The number of rotatable bonds is 7. The fraction of sp³-hybridized carbons (Fsp3) is 0.364. The molecule has 3 aromatic rings. The van der Waals surface area contributed by atoms with E-state index in [9.17, 15) is 18.0 Å². The lowest BCUT2D eigenvalue weighted by Crippen LogP contribution is -2.30. The van der Waals surface area contributed by atoms with E-state index >= 15 is 0 Å². The van der Waals surface area contributed by atoms with Crippen LogP contribution < -0.4 is 4.90 Å². The van der Waals surface area contributed by atoms with E-state index in [1.165, 1.54) is 19.2 Å². The maximum atomic E-state index is 12.6. The molecule has 0 atom stereocenters. The molecule has 9 nitrogen and oxygen atoms in total. The van der Waals surface area contributed by atoms with E-state index in [4.69, 9.17) is 9.57 Å². The number of alkyl halides is 3. The Bertz CT molecular complexity index is 1100.